The van der Waals surface area contributed by atoms with E-state index >= 15 is 0 Å². The molecule has 1 N–H and O–H groups in total. The minimum atomic E-state index is 0.602. The first-order valence-electron chi connectivity index (χ1n) is 5.70. The molecule has 0 aromatic carbocycles. The van der Waals surface area contributed by atoms with Gasteiger partial charge in [0, 0.05) is 30.9 Å². The van der Waals surface area contributed by atoms with Gasteiger partial charge in [-0.3, -0.25) is 0 Å². The summed E-state index contributed by atoms with van der Waals surface area (Å²) in [6, 6.07) is 3.84. The molecule has 2 aromatic heterocycles. The van der Waals surface area contributed by atoms with Gasteiger partial charge in [-0.05, 0) is 18.9 Å². The molecule has 86 valence electrons. The lowest BCUT2D eigenvalue weighted by Gasteiger charge is -2.06. The lowest BCUT2D eigenvalue weighted by atomic mass is 10.2. The molecule has 1 aliphatic rings. The van der Waals surface area contributed by atoms with Gasteiger partial charge in [0.2, 0.25) is 0 Å². The molecule has 3 rings (SSSR count). The smallest absolute Gasteiger partial charge is 0.180 e. The van der Waals surface area contributed by atoms with Crippen molar-refractivity contribution in [3.05, 3.63) is 30.4 Å². The molecule has 2 aromatic rings. The fourth-order valence-corrected chi connectivity index (χ4v) is 1.72. The SMILES string of the molecule is CNc1cc(C2CC2)nc(-c2ccncn2)n1. The predicted octanol–water partition coefficient (Wildman–Crippen LogP) is 1.85. The van der Waals surface area contributed by atoms with E-state index in [1.165, 1.54) is 19.2 Å². The van der Waals surface area contributed by atoms with Crippen molar-refractivity contribution in [3.8, 4) is 11.5 Å². The van der Waals surface area contributed by atoms with Crippen molar-refractivity contribution in [2.24, 2.45) is 0 Å². The van der Waals surface area contributed by atoms with E-state index in [0.717, 1.165) is 17.2 Å². The lowest BCUT2D eigenvalue weighted by molar-refractivity contribution is 0.984. The predicted molar refractivity (Wildman–Crippen MR) is 64.6 cm³/mol. The summed E-state index contributed by atoms with van der Waals surface area (Å²) in [6.07, 6.45) is 5.67. The van der Waals surface area contributed by atoms with Crippen LogP contribution in [0, 0.1) is 0 Å². The second-order valence-electron chi connectivity index (χ2n) is 4.12. The summed E-state index contributed by atoms with van der Waals surface area (Å²) in [4.78, 5) is 17.1. The Balaban J connectivity index is 2.06. The van der Waals surface area contributed by atoms with Crippen molar-refractivity contribution >= 4 is 5.82 Å². The number of nitrogens with zero attached hydrogens (tertiary/aromatic N) is 4. The summed E-state index contributed by atoms with van der Waals surface area (Å²) in [6.45, 7) is 0. The Bertz CT molecular complexity index is 522. The molecule has 1 aliphatic carbocycles. The Labute approximate surface area is 99.4 Å². The van der Waals surface area contributed by atoms with Crippen molar-refractivity contribution in [1.29, 1.82) is 0 Å². The molecular weight excluding hydrogens is 214 g/mol. The van der Waals surface area contributed by atoms with E-state index in [0.29, 0.717) is 11.7 Å². The summed E-state index contributed by atoms with van der Waals surface area (Å²) in [5.74, 6) is 2.11. The molecule has 0 spiro atoms. The Morgan fingerprint density at radius 1 is 1.29 bits per heavy atom. The van der Waals surface area contributed by atoms with Gasteiger partial charge in [0.25, 0.3) is 0 Å². The van der Waals surface area contributed by atoms with Crippen LogP contribution in [0.5, 0.6) is 0 Å². The monoisotopic (exact) mass is 227 g/mol. The fourth-order valence-electron chi connectivity index (χ4n) is 1.72. The molecule has 17 heavy (non-hydrogen) atoms. The third-order valence-corrected chi connectivity index (χ3v) is 2.81. The van der Waals surface area contributed by atoms with Gasteiger partial charge in [-0.25, -0.2) is 19.9 Å². The first-order valence-corrected chi connectivity index (χ1v) is 5.70. The zero-order valence-electron chi connectivity index (χ0n) is 9.59. The maximum absolute atomic E-state index is 4.57. The Morgan fingerprint density at radius 2 is 2.18 bits per heavy atom. The van der Waals surface area contributed by atoms with Crippen LogP contribution in [0.2, 0.25) is 0 Å². The molecule has 5 heteroatoms. The number of aromatic nitrogens is 4. The Hall–Kier alpha value is -2.04. The molecule has 5 nitrogen and oxygen atoms in total. The van der Waals surface area contributed by atoms with Gasteiger partial charge in [0.15, 0.2) is 5.82 Å². The van der Waals surface area contributed by atoms with Crippen molar-refractivity contribution in [2.45, 2.75) is 18.8 Å². The molecule has 0 radical (unpaired) electrons. The molecule has 0 atom stereocenters. The minimum absolute atomic E-state index is 0.602. The van der Waals surface area contributed by atoms with E-state index in [2.05, 4.69) is 25.3 Å². The number of rotatable bonds is 3. The van der Waals surface area contributed by atoms with Gasteiger partial charge in [-0.15, -0.1) is 0 Å². The average Bonchev–Trinajstić information content (AvgIpc) is 3.23. The molecular formula is C12H13N5. The average molecular weight is 227 g/mol. The van der Waals surface area contributed by atoms with Crippen LogP contribution < -0.4 is 5.32 Å². The molecule has 1 saturated carbocycles. The van der Waals surface area contributed by atoms with Gasteiger partial charge in [0.1, 0.15) is 17.8 Å². The Kier molecular flexibility index (Phi) is 2.44. The van der Waals surface area contributed by atoms with E-state index in [1.54, 1.807) is 6.20 Å². The standard InChI is InChI=1S/C12H13N5/c1-13-11-6-10(8-2-3-8)16-12(17-11)9-4-5-14-7-15-9/h4-8H,2-3H2,1H3,(H,13,16,17). The lowest BCUT2D eigenvalue weighted by Crippen LogP contribution is -2.01. The van der Waals surface area contributed by atoms with E-state index in [1.807, 2.05) is 19.2 Å². The quantitative estimate of drug-likeness (QED) is 0.867. The molecule has 0 aliphatic heterocycles. The van der Waals surface area contributed by atoms with Crippen LogP contribution in [0.4, 0.5) is 5.82 Å². The molecule has 2 heterocycles. The largest absolute Gasteiger partial charge is 0.373 e. The number of anilines is 1. The number of hydrogen-bond acceptors (Lipinski definition) is 5. The second-order valence-corrected chi connectivity index (χ2v) is 4.12. The Morgan fingerprint density at radius 3 is 2.82 bits per heavy atom. The topological polar surface area (TPSA) is 63.6 Å². The van der Waals surface area contributed by atoms with Crippen LogP contribution in [0.15, 0.2) is 24.7 Å². The normalized spacial score (nSPS) is 14.6. The van der Waals surface area contributed by atoms with E-state index in [-0.39, 0.29) is 0 Å². The highest BCUT2D eigenvalue weighted by Crippen LogP contribution is 2.39. The van der Waals surface area contributed by atoms with E-state index in [9.17, 15) is 0 Å². The van der Waals surface area contributed by atoms with Gasteiger partial charge in [-0.2, -0.15) is 0 Å². The van der Waals surface area contributed by atoms with Crippen molar-refractivity contribution < 1.29 is 0 Å². The van der Waals surface area contributed by atoms with Crippen molar-refractivity contribution in [3.63, 3.8) is 0 Å². The zero-order chi connectivity index (χ0) is 11.7. The first kappa shape index (κ1) is 10.1. The third-order valence-electron chi connectivity index (χ3n) is 2.81. The second kappa shape index (κ2) is 4.08. The van der Waals surface area contributed by atoms with Crippen LogP contribution in [0.25, 0.3) is 11.5 Å². The van der Waals surface area contributed by atoms with Crippen molar-refractivity contribution in [2.75, 3.05) is 12.4 Å². The summed E-state index contributed by atoms with van der Waals surface area (Å²) >= 11 is 0. The van der Waals surface area contributed by atoms with Crippen molar-refractivity contribution in [1.82, 2.24) is 19.9 Å². The van der Waals surface area contributed by atoms with Crippen LogP contribution >= 0.6 is 0 Å². The highest BCUT2D eigenvalue weighted by Gasteiger charge is 2.26. The maximum atomic E-state index is 4.57. The maximum Gasteiger partial charge on any atom is 0.180 e. The highest BCUT2D eigenvalue weighted by molar-refractivity contribution is 5.52. The fraction of sp³-hybridized carbons (Fsp3) is 0.333. The van der Waals surface area contributed by atoms with E-state index < -0.39 is 0 Å². The van der Waals surface area contributed by atoms with Crippen LogP contribution in [0.3, 0.4) is 0 Å². The molecule has 0 bridgehead atoms. The summed E-state index contributed by atoms with van der Waals surface area (Å²) in [7, 11) is 1.86. The van der Waals surface area contributed by atoms with Gasteiger partial charge < -0.3 is 5.32 Å². The molecule has 0 amide bonds. The van der Waals surface area contributed by atoms with E-state index in [4.69, 9.17) is 0 Å². The molecule has 0 saturated heterocycles. The summed E-state index contributed by atoms with van der Waals surface area (Å²) in [5.41, 5.74) is 1.87. The summed E-state index contributed by atoms with van der Waals surface area (Å²) < 4.78 is 0. The first-order chi connectivity index (χ1) is 8.36. The van der Waals surface area contributed by atoms with Crippen LogP contribution in [-0.4, -0.2) is 27.0 Å². The molecule has 0 unspecified atom stereocenters. The highest BCUT2D eigenvalue weighted by atomic mass is 15.0. The van der Waals surface area contributed by atoms with Gasteiger partial charge in [-0.1, -0.05) is 0 Å². The zero-order valence-corrected chi connectivity index (χ0v) is 9.59. The minimum Gasteiger partial charge on any atom is -0.373 e. The number of hydrogen-bond donors (Lipinski definition) is 1. The van der Waals surface area contributed by atoms with Gasteiger partial charge in [0.05, 0.1) is 0 Å². The number of nitrogens with one attached hydrogen (secondary N) is 1. The van der Waals surface area contributed by atoms with Gasteiger partial charge >= 0.3 is 0 Å². The van der Waals surface area contributed by atoms with Crippen LogP contribution in [0.1, 0.15) is 24.5 Å². The molecule has 1 fully saturated rings. The summed E-state index contributed by atoms with van der Waals surface area (Å²) in [5, 5.41) is 3.07. The van der Waals surface area contributed by atoms with Crippen LogP contribution in [-0.2, 0) is 0 Å². The third kappa shape index (κ3) is 2.08.